The quantitative estimate of drug-likeness (QED) is 0.659. The minimum atomic E-state index is -0.0392. The number of halogens is 2. The number of likely N-dealkylation sites (tertiary alicyclic amines) is 1. The monoisotopic (exact) mass is 433 g/mol. The molecule has 6 nitrogen and oxygen atoms in total. The number of nitrogens with zero attached hydrogens (tertiary/aromatic N) is 3. The number of carbonyl (C=O) groups excluding carboxylic acids is 1. The van der Waals surface area contributed by atoms with Crippen LogP contribution in [0.15, 0.2) is 12.3 Å². The van der Waals surface area contributed by atoms with E-state index >= 15 is 0 Å². The molecule has 0 aromatic carbocycles. The highest BCUT2D eigenvalue weighted by molar-refractivity contribution is 5.92. The molecule has 8 heteroatoms. The van der Waals surface area contributed by atoms with Gasteiger partial charge in [-0.15, -0.1) is 24.8 Å². The van der Waals surface area contributed by atoms with Crippen LogP contribution in [0, 0.1) is 5.92 Å². The average molecular weight is 434 g/mol. The predicted octanol–water partition coefficient (Wildman–Crippen LogP) is 3.28. The van der Waals surface area contributed by atoms with Gasteiger partial charge >= 0.3 is 0 Å². The molecule has 2 unspecified atom stereocenters. The Kier molecular flexibility index (Phi) is 11.4. The van der Waals surface area contributed by atoms with E-state index in [-0.39, 0.29) is 30.7 Å². The van der Waals surface area contributed by atoms with Gasteiger partial charge in [-0.1, -0.05) is 26.7 Å². The van der Waals surface area contributed by atoms with Crippen LogP contribution in [-0.2, 0) is 0 Å². The van der Waals surface area contributed by atoms with Crippen molar-refractivity contribution >= 4 is 30.7 Å². The van der Waals surface area contributed by atoms with Crippen molar-refractivity contribution in [1.29, 1.82) is 0 Å². The van der Waals surface area contributed by atoms with Crippen LogP contribution in [0.3, 0.4) is 0 Å². The predicted molar refractivity (Wildman–Crippen MR) is 119 cm³/mol. The van der Waals surface area contributed by atoms with E-state index in [1.807, 2.05) is 16.9 Å². The second-order valence-corrected chi connectivity index (χ2v) is 7.78. The molecule has 1 amide bonds. The van der Waals surface area contributed by atoms with E-state index in [1.165, 1.54) is 32.4 Å². The molecule has 3 rings (SSSR count). The molecule has 0 radical (unpaired) electrons. The number of nitrogens with one attached hydrogen (secondary N) is 2. The van der Waals surface area contributed by atoms with Gasteiger partial charge in [0.2, 0.25) is 0 Å². The van der Waals surface area contributed by atoms with Gasteiger partial charge in [-0.2, -0.15) is 5.10 Å². The Morgan fingerprint density at radius 3 is 2.57 bits per heavy atom. The lowest BCUT2D eigenvalue weighted by molar-refractivity contribution is 0.0911. The zero-order valence-corrected chi connectivity index (χ0v) is 18.9. The summed E-state index contributed by atoms with van der Waals surface area (Å²) in [4.78, 5) is 15.2. The molecule has 0 spiro atoms. The van der Waals surface area contributed by atoms with Crippen molar-refractivity contribution in [3.05, 3.63) is 18.0 Å². The van der Waals surface area contributed by atoms with E-state index in [9.17, 15) is 4.79 Å². The summed E-state index contributed by atoms with van der Waals surface area (Å²) in [7, 11) is 0. The summed E-state index contributed by atoms with van der Waals surface area (Å²) < 4.78 is 1.96. The normalized spacial score (nSPS) is 21.0. The Balaban J connectivity index is 0.00000196. The molecule has 2 saturated heterocycles. The molecule has 28 heavy (non-hydrogen) atoms. The lowest BCUT2D eigenvalue weighted by atomic mass is 9.93. The van der Waals surface area contributed by atoms with Crippen LogP contribution >= 0.6 is 24.8 Å². The van der Waals surface area contributed by atoms with Gasteiger partial charge in [-0.25, -0.2) is 0 Å². The summed E-state index contributed by atoms with van der Waals surface area (Å²) in [6, 6.07) is 2.67. The largest absolute Gasteiger partial charge is 0.349 e. The van der Waals surface area contributed by atoms with Crippen molar-refractivity contribution in [2.24, 2.45) is 5.92 Å². The number of rotatable bonds is 8. The van der Waals surface area contributed by atoms with Crippen molar-refractivity contribution in [2.75, 3.05) is 32.7 Å². The topological polar surface area (TPSA) is 62.2 Å². The highest BCUT2D eigenvalue weighted by Gasteiger charge is 2.28. The Labute approximate surface area is 182 Å². The molecular weight excluding hydrogens is 397 g/mol. The summed E-state index contributed by atoms with van der Waals surface area (Å²) >= 11 is 0. The maximum Gasteiger partial charge on any atom is 0.271 e. The van der Waals surface area contributed by atoms with Gasteiger partial charge in [0, 0.05) is 25.3 Å². The van der Waals surface area contributed by atoms with Gasteiger partial charge in [0.1, 0.15) is 5.69 Å². The first-order valence-corrected chi connectivity index (χ1v) is 10.5. The first-order valence-electron chi connectivity index (χ1n) is 10.5. The Bertz CT molecular complexity index is 565. The SMILES string of the molecule is CCC(CC)C(CNC(=O)c1ccn(C2CCCNC2)n1)N1CCCC1.Cl.Cl. The second-order valence-electron chi connectivity index (χ2n) is 7.78. The highest BCUT2D eigenvalue weighted by Crippen LogP contribution is 2.22. The van der Waals surface area contributed by atoms with Crippen LogP contribution in [-0.4, -0.2) is 59.4 Å². The molecule has 0 saturated carbocycles. The molecule has 2 atom stereocenters. The van der Waals surface area contributed by atoms with E-state index in [2.05, 4.69) is 34.5 Å². The van der Waals surface area contributed by atoms with Gasteiger partial charge < -0.3 is 10.6 Å². The number of aromatic nitrogens is 2. The molecule has 1 aromatic rings. The number of hydrogen-bond acceptors (Lipinski definition) is 4. The molecule has 0 aliphatic carbocycles. The van der Waals surface area contributed by atoms with E-state index < -0.39 is 0 Å². The van der Waals surface area contributed by atoms with Gasteiger partial charge in [-0.05, 0) is 57.3 Å². The minimum Gasteiger partial charge on any atom is -0.349 e. The van der Waals surface area contributed by atoms with Crippen molar-refractivity contribution < 1.29 is 4.79 Å². The third-order valence-electron chi connectivity index (χ3n) is 6.16. The van der Waals surface area contributed by atoms with Crippen LogP contribution in [0.25, 0.3) is 0 Å². The summed E-state index contributed by atoms with van der Waals surface area (Å²) in [5.74, 6) is 0.599. The molecule has 2 aliphatic rings. The van der Waals surface area contributed by atoms with E-state index in [1.54, 1.807) is 0 Å². The molecule has 2 aliphatic heterocycles. The maximum atomic E-state index is 12.6. The fourth-order valence-electron chi connectivity index (χ4n) is 4.51. The van der Waals surface area contributed by atoms with Crippen LogP contribution in [0.2, 0.25) is 0 Å². The van der Waals surface area contributed by atoms with Gasteiger partial charge in [-0.3, -0.25) is 14.4 Å². The van der Waals surface area contributed by atoms with Gasteiger partial charge in [0.25, 0.3) is 5.91 Å². The van der Waals surface area contributed by atoms with E-state index in [0.717, 1.165) is 38.9 Å². The smallest absolute Gasteiger partial charge is 0.271 e. The zero-order valence-electron chi connectivity index (χ0n) is 17.2. The fraction of sp³-hybridized carbons (Fsp3) is 0.800. The number of piperidine rings is 1. The average Bonchev–Trinajstić information content (AvgIpc) is 3.37. The summed E-state index contributed by atoms with van der Waals surface area (Å²) in [6.07, 6.45) is 9.13. The lowest BCUT2D eigenvalue weighted by Crippen LogP contribution is -2.47. The van der Waals surface area contributed by atoms with E-state index in [4.69, 9.17) is 0 Å². The molecule has 1 aromatic heterocycles. The number of amides is 1. The van der Waals surface area contributed by atoms with Crippen LogP contribution in [0.1, 0.15) is 68.9 Å². The van der Waals surface area contributed by atoms with Crippen molar-refractivity contribution in [3.8, 4) is 0 Å². The third kappa shape index (κ3) is 6.34. The molecular formula is C20H37Cl2N5O. The molecule has 2 fully saturated rings. The summed E-state index contributed by atoms with van der Waals surface area (Å²) in [5.41, 5.74) is 0.542. The van der Waals surface area contributed by atoms with Crippen LogP contribution < -0.4 is 10.6 Å². The molecule has 2 N–H and O–H groups in total. The van der Waals surface area contributed by atoms with Crippen LogP contribution in [0.5, 0.6) is 0 Å². The van der Waals surface area contributed by atoms with Crippen molar-refractivity contribution in [2.45, 2.75) is 64.5 Å². The fourth-order valence-corrected chi connectivity index (χ4v) is 4.51. The number of carbonyl (C=O) groups is 1. The first-order chi connectivity index (χ1) is 12.7. The lowest BCUT2D eigenvalue weighted by Gasteiger charge is -2.33. The Morgan fingerprint density at radius 2 is 1.96 bits per heavy atom. The van der Waals surface area contributed by atoms with Gasteiger partial charge in [0.15, 0.2) is 0 Å². The second kappa shape index (κ2) is 12.7. The third-order valence-corrected chi connectivity index (χ3v) is 6.16. The molecule has 162 valence electrons. The van der Waals surface area contributed by atoms with Crippen molar-refractivity contribution in [3.63, 3.8) is 0 Å². The minimum absolute atomic E-state index is 0. The van der Waals surface area contributed by atoms with E-state index in [0.29, 0.717) is 23.7 Å². The first kappa shape index (κ1) is 25.2. The zero-order chi connectivity index (χ0) is 18.4. The molecule has 0 bridgehead atoms. The van der Waals surface area contributed by atoms with Crippen LogP contribution in [0.4, 0.5) is 0 Å². The highest BCUT2D eigenvalue weighted by atomic mass is 35.5. The Hall–Kier alpha value is -0.820. The molecule has 3 heterocycles. The van der Waals surface area contributed by atoms with Crippen molar-refractivity contribution in [1.82, 2.24) is 25.3 Å². The maximum absolute atomic E-state index is 12.6. The Morgan fingerprint density at radius 1 is 1.25 bits per heavy atom. The van der Waals surface area contributed by atoms with Gasteiger partial charge in [0.05, 0.1) is 6.04 Å². The summed E-state index contributed by atoms with van der Waals surface area (Å²) in [6.45, 7) is 9.61. The number of hydrogen-bond donors (Lipinski definition) is 2. The standard InChI is InChI=1S/C20H35N5O.2ClH/c1-3-16(4-2)19(24-11-5-6-12-24)15-22-20(26)18-9-13-25(23-18)17-8-7-10-21-14-17;;/h9,13,16-17,19,21H,3-8,10-12,14-15H2,1-2H3,(H,22,26);2*1H. The summed E-state index contributed by atoms with van der Waals surface area (Å²) in [5, 5.41) is 11.1.